The van der Waals surface area contributed by atoms with E-state index in [1.54, 1.807) is 13.8 Å². The first kappa shape index (κ1) is 15.7. The Balaban J connectivity index is 2.16. The van der Waals surface area contributed by atoms with Gasteiger partial charge in [0.05, 0.1) is 5.39 Å². The summed E-state index contributed by atoms with van der Waals surface area (Å²) in [5.41, 5.74) is 1.95. The molecule has 5 nitrogen and oxygen atoms in total. The van der Waals surface area contributed by atoms with Gasteiger partial charge in [-0.25, -0.2) is 9.97 Å². The van der Waals surface area contributed by atoms with Gasteiger partial charge in [-0.2, -0.15) is 0 Å². The molecule has 1 unspecified atom stereocenters. The average Bonchev–Trinajstić information content (AvgIpc) is 2.91. The highest BCUT2D eigenvalue weighted by Gasteiger charge is 2.18. The van der Waals surface area contributed by atoms with Gasteiger partial charge < -0.3 is 10.4 Å². The molecule has 0 fully saturated rings. The first-order valence-electron chi connectivity index (χ1n) is 6.97. The van der Waals surface area contributed by atoms with Crippen molar-refractivity contribution < 1.29 is 9.90 Å². The van der Waals surface area contributed by atoms with Crippen molar-refractivity contribution in [1.82, 2.24) is 9.97 Å². The predicted octanol–water partition coefficient (Wildman–Crippen LogP) is 4.21. The molecule has 2 N–H and O–H groups in total. The molecule has 118 valence electrons. The molecule has 1 atom stereocenters. The zero-order chi connectivity index (χ0) is 16.6. The molecule has 0 aliphatic rings. The van der Waals surface area contributed by atoms with Crippen LogP contribution in [0.15, 0.2) is 29.6 Å². The van der Waals surface area contributed by atoms with Crippen LogP contribution in [-0.4, -0.2) is 27.1 Å². The number of benzene rings is 1. The molecule has 2 aromatic heterocycles. The summed E-state index contributed by atoms with van der Waals surface area (Å²) in [6.07, 6.45) is 0. The topological polar surface area (TPSA) is 75.1 Å². The molecule has 0 aliphatic heterocycles. The van der Waals surface area contributed by atoms with Crippen molar-refractivity contribution in [3.8, 4) is 11.1 Å². The molecular formula is C16H14ClN3O2S. The minimum absolute atomic E-state index is 0.536. The molecule has 3 aromatic rings. The number of aryl methyl sites for hydroxylation is 1. The molecule has 7 heteroatoms. The van der Waals surface area contributed by atoms with Gasteiger partial charge in [-0.05, 0) is 31.5 Å². The van der Waals surface area contributed by atoms with Gasteiger partial charge >= 0.3 is 5.97 Å². The standard InChI is InChI=1S/C16H14ClN3O2S/c1-8(16(21)22)18-14-13-12(10-3-5-11(17)6-4-10)7-23-15(13)20-9(2)19-14/h3-8H,1-2H3,(H,21,22)(H,18,19,20). The van der Waals surface area contributed by atoms with Crippen LogP contribution >= 0.6 is 22.9 Å². The number of aromatic nitrogens is 2. The summed E-state index contributed by atoms with van der Waals surface area (Å²) in [4.78, 5) is 20.8. The van der Waals surface area contributed by atoms with Crippen molar-refractivity contribution in [3.63, 3.8) is 0 Å². The van der Waals surface area contributed by atoms with Gasteiger partial charge in [0.25, 0.3) is 0 Å². The van der Waals surface area contributed by atoms with E-state index in [9.17, 15) is 4.79 Å². The number of carboxylic acids is 1. The third-order valence-electron chi connectivity index (χ3n) is 3.42. The lowest BCUT2D eigenvalue weighted by atomic mass is 10.1. The fraction of sp³-hybridized carbons (Fsp3) is 0.188. The Hall–Kier alpha value is -2.18. The molecule has 0 radical (unpaired) electrons. The highest BCUT2D eigenvalue weighted by atomic mass is 35.5. The molecule has 23 heavy (non-hydrogen) atoms. The van der Waals surface area contributed by atoms with E-state index < -0.39 is 12.0 Å². The van der Waals surface area contributed by atoms with E-state index in [0.717, 1.165) is 21.3 Å². The largest absolute Gasteiger partial charge is 0.480 e. The van der Waals surface area contributed by atoms with E-state index >= 15 is 0 Å². The first-order chi connectivity index (χ1) is 11.0. The normalized spacial score (nSPS) is 12.3. The van der Waals surface area contributed by atoms with Crippen LogP contribution in [0.3, 0.4) is 0 Å². The van der Waals surface area contributed by atoms with E-state index in [2.05, 4.69) is 15.3 Å². The van der Waals surface area contributed by atoms with Crippen molar-refractivity contribution in [2.24, 2.45) is 0 Å². The van der Waals surface area contributed by atoms with Crippen LogP contribution in [0, 0.1) is 6.92 Å². The lowest BCUT2D eigenvalue weighted by molar-refractivity contribution is -0.137. The molecule has 0 bridgehead atoms. The monoisotopic (exact) mass is 347 g/mol. The smallest absolute Gasteiger partial charge is 0.325 e. The fourth-order valence-electron chi connectivity index (χ4n) is 2.26. The second-order valence-electron chi connectivity index (χ2n) is 5.16. The number of hydrogen-bond donors (Lipinski definition) is 2. The van der Waals surface area contributed by atoms with E-state index in [-0.39, 0.29) is 0 Å². The Labute approximate surface area is 142 Å². The Bertz CT molecular complexity index is 877. The van der Waals surface area contributed by atoms with Crippen LogP contribution < -0.4 is 5.32 Å². The van der Waals surface area contributed by atoms with Crippen LogP contribution in [0.5, 0.6) is 0 Å². The predicted molar refractivity (Wildman–Crippen MR) is 93.3 cm³/mol. The quantitative estimate of drug-likeness (QED) is 0.739. The molecule has 0 aliphatic carbocycles. The van der Waals surface area contributed by atoms with Crippen LogP contribution in [0.2, 0.25) is 5.02 Å². The summed E-state index contributed by atoms with van der Waals surface area (Å²) in [6.45, 7) is 3.37. The van der Waals surface area contributed by atoms with Crippen molar-refractivity contribution >= 4 is 44.9 Å². The van der Waals surface area contributed by atoms with E-state index in [0.29, 0.717) is 16.7 Å². The fourth-order valence-corrected chi connectivity index (χ4v) is 3.38. The number of aliphatic carboxylic acids is 1. The zero-order valence-corrected chi connectivity index (χ0v) is 14.1. The number of carbonyl (C=O) groups is 1. The van der Waals surface area contributed by atoms with Gasteiger partial charge in [-0.3, -0.25) is 4.79 Å². The second-order valence-corrected chi connectivity index (χ2v) is 6.45. The first-order valence-corrected chi connectivity index (χ1v) is 8.22. The van der Waals surface area contributed by atoms with Crippen LogP contribution in [0.4, 0.5) is 5.82 Å². The Kier molecular flexibility index (Phi) is 4.19. The third-order valence-corrected chi connectivity index (χ3v) is 4.55. The lowest BCUT2D eigenvalue weighted by Gasteiger charge is -2.12. The molecule has 0 saturated heterocycles. The number of carboxylic acid groups (broad SMARTS) is 1. The van der Waals surface area contributed by atoms with Crippen LogP contribution in [0.1, 0.15) is 12.7 Å². The SMILES string of the molecule is Cc1nc(NC(C)C(=O)O)c2c(-c3ccc(Cl)cc3)csc2n1. The minimum Gasteiger partial charge on any atom is -0.480 e. The van der Waals surface area contributed by atoms with Crippen LogP contribution in [-0.2, 0) is 4.79 Å². The summed E-state index contributed by atoms with van der Waals surface area (Å²) in [7, 11) is 0. The summed E-state index contributed by atoms with van der Waals surface area (Å²) < 4.78 is 0. The molecule has 2 heterocycles. The molecule has 3 rings (SSSR count). The van der Waals surface area contributed by atoms with Gasteiger partial charge in [0.15, 0.2) is 0 Å². The Morgan fingerprint density at radius 2 is 2.00 bits per heavy atom. The second kappa shape index (κ2) is 6.14. The summed E-state index contributed by atoms with van der Waals surface area (Å²) in [6, 6.07) is 6.75. The van der Waals surface area contributed by atoms with Crippen LogP contribution in [0.25, 0.3) is 21.3 Å². The number of nitrogens with one attached hydrogen (secondary N) is 1. The van der Waals surface area contributed by atoms with E-state index in [4.69, 9.17) is 16.7 Å². The van der Waals surface area contributed by atoms with E-state index in [1.807, 2.05) is 29.6 Å². The Morgan fingerprint density at radius 3 is 2.65 bits per heavy atom. The highest BCUT2D eigenvalue weighted by Crippen LogP contribution is 2.37. The molecule has 0 saturated carbocycles. The maximum atomic E-state index is 11.1. The zero-order valence-electron chi connectivity index (χ0n) is 12.5. The van der Waals surface area contributed by atoms with Gasteiger partial charge in [0, 0.05) is 16.0 Å². The van der Waals surface area contributed by atoms with Gasteiger partial charge in [0.2, 0.25) is 0 Å². The number of rotatable bonds is 4. The maximum absolute atomic E-state index is 11.1. The molecular weight excluding hydrogens is 334 g/mol. The van der Waals surface area contributed by atoms with Gasteiger partial charge in [-0.1, -0.05) is 23.7 Å². The molecule has 0 spiro atoms. The van der Waals surface area contributed by atoms with E-state index in [1.165, 1.54) is 11.3 Å². The van der Waals surface area contributed by atoms with Crippen molar-refractivity contribution in [2.45, 2.75) is 19.9 Å². The Morgan fingerprint density at radius 1 is 1.30 bits per heavy atom. The summed E-state index contributed by atoms with van der Waals surface area (Å²) >= 11 is 7.45. The minimum atomic E-state index is -0.933. The summed E-state index contributed by atoms with van der Waals surface area (Å²) in [5.74, 6) is 0.202. The summed E-state index contributed by atoms with van der Waals surface area (Å²) in [5, 5.41) is 15.6. The number of halogens is 1. The molecule has 0 amide bonds. The van der Waals surface area contributed by atoms with Crippen molar-refractivity contribution in [3.05, 3.63) is 40.5 Å². The highest BCUT2D eigenvalue weighted by molar-refractivity contribution is 7.17. The van der Waals surface area contributed by atoms with Crippen molar-refractivity contribution in [1.29, 1.82) is 0 Å². The number of nitrogens with zero attached hydrogens (tertiary/aromatic N) is 2. The number of hydrogen-bond acceptors (Lipinski definition) is 5. The number of thiophene rings is 1. The molecule has 1 aromatic carbocycles. The number of fused-ring (bicyclic) bond motifs is 1. The lowest BCUT2D eigenvalue weighted by Crippen LogP contribution is -2.26. The van der Waals surface area contributed by atoms with Gasteiger partial charge in [-0.15, -0.1) is 11.3 Å². The van der Waals surface area contributed by atoms with Gasteiger partial charge in [0.1, 0.15) is 22.5 Å². The van der Waals surface area contributed by atoms with Crippen molar-refractivity contribution in [2.75, 3.05) is 5.32 Å². The maximum Gasteiger partial charge on any atom is 0.325 e. The average molecular weight is 348 g/mol. The number of anilines is 1. The third kappa shape index (κ3) is 3.13.